The van der Waals surface area contributed by atoms with Gasteiger partial charge >= 0.3 is 5.97 Å². The third kappa shape index (κ3) is 3.12. The molecule has 8 heteroatoms. The molecule has 0 bridgehead atoms. The third-order valence-electron chi connectivity index (χ3n) is 4.16. The largest absolute Gasteiger partial charge is 0.478 e. The highest BCUT2D eigenvalue weighted by Gasteiger charge is 2.33. The summed E-state index contributed by atoms with van der Waals surface area (Å²) in [6.45, 7) is -0.248. The van der Waals surface area contributed by atoms with Crippen molar-refractivity contribution in [2.24, 2.45) is 5.10 Å². The average Bonchev–Trinajstić information content (AvgIpc) is 3.44. The number of anilines is 1. The molecule has 2 aromatic heterocycles. The van der Waals surface area contributed by atoms with Gasteiger partial charge in [-0.1, -0.05) is 0 Å². The van der Waals surface area contributed by atoms with Crippen LogP contribution in [0.2, 0.25) is 0 Å². The van der Waals surface area contributed by atoms with Crippen molar-refractivity contribution in [3.63, 3.8) is 0 Å². The molecule has 3 aromatic rings. The van der Waals surface area contributed by atoms with Crippen LogP contribution in [0.5, 0.6) is 0 Å². The molecular weight excluding hydrogens is 364 g/mol. The van der Waals surface area contributed by atoms with Gasteiger partial charge in [-0.05, 0) is 48.5 Å². The lowest BCUT2D eigenvalue weighted by atomic mass is 10.0. The number of hydrogen-bond acceptors (Lipinski definition) is 6. The number of carbonyl (C=O) groups is 2. The van der Waals surface area contributed by atoms with Crippen LogP contribution in [0.25, 0.3) is 6.08 Å². The Morgan fingerprint density at radius 1 is 1.14 bits per heavy atom. The average molecular weight is 378 g/mol. The van der Waals surface area contributed by atoms with Crippen molar-refractivity contribution in [3.8, 4) is 0 Å². The minimum atomic E-state index is -1.06. The molecule has 0 spiro atoms. The minimum Gasteiger partial charge on any atom is -0.478 e. The van der Waals surface area contributed by atoms with Crippen LogP contribution in [0, 0.1) is 0 Å². The molecule has 1 aromatic carbocycles. The van der Waals surface area contributed by atoms with Crippen molar-refractivity contribution in [2.75, 3.05) is 5.01 Å². The maximum atomic E-state index is 13.0. The van der Waals surface area contributed by atoms with E-state index in [2.05, 4.69) is 5.10 Å². The number of aliphatic hydroxyl groups excluding tert-OH is 1. The van der Waals surface area contributed by atoms with Crippen molar-refractivity contribution in [1.82, 2.24) is 0 Å². The van der Waals surface area contributed by atoms with Crippen LogP contribution in [0.4, 0.5) is 5.69 Å². The van der Waals surface area contributed by atoms with Crippen LogP contribution in [0.1, 0.15) is 27.4 Å². The van der Waals surface area contributed by atoms with E-state index in [1.807, 2.05) is 0 Å². The van der Waals surface area contributed by atoms with Gasteiger partial charge in [-0.25, -0.2) is 4.79 Å². The first kappa shape index (κ1) is 17.5. The Bertz CT molecular complexity index is 1090. The summed E-state index contributed by atoms with van der Waals surface area (Å²) in [5, 5.41) is 23.8. The number of hydrazone groups is 1. The Morgan fingerprint density at radius 3 is 2.54 bits per heavy atom. The number of carboxylic acids is 1. The fourth-order valence-corrected chi connectivity index (χ4v) is 2.78. The van der Waals surface area contributed by atoms with Crippen molar-refractivity contribution in [2.45, 2.75) is 6.61 Å². The monoisotopic (exact) mass is 378 g/mol. The predicted molar refractivity (Wildman–Crippen MR) is 98.7 cm³/mol. The highest BCUT2D eigenvalue weighted by molar-refractivity contribution is 6.37. The van der Waals surface area contributed by atoms with E-state index in [4.69, 9.17) is 19.0 Å². The Balaban J connectivity index is 1.75. The number of nitrogens with zero attached hydrogens (tertiary/aromatic N) is 2. The zero-order valence-electron chi connectivity index (χ0n) is 14.4. The van der Waals surface area contributed by atoms with Gasteiger partial charge in [0.2, 0.25) is 0 Å². The van der Waals surface area contributed by atoms with E-state index < -0.39 is 11.9 Å². The molecule has 0 radical (unpaired) electrons. The summed E-state index contributed by atoms with van der Waals surface area (Å²) < 4.78 is 10.6. The number of carbonyl (C=O) groups excluding carboxylic acids is 1. The van der Waals surface area contributed by atoms with Gasteiger partial charge in [0.1, 0.15) is 23.8 Å². The lowest BCUT2D eigenvalue weighted by Gasteiger charge is -2.11. The third-order valence-corrected chi connectivity index (χ3v) is 4.16. The van der Waals surface area contributed by atoms with Crippen LogP contribution in [0.3, 0.4) is 0 Å². The van der Waals surface area contributed by atoms with Crippen LogP contribution in [0.15, 0.2) is 74.5 Å². The summed E-state index contributed by atoms with van der Waals surface area (Å²) in [5.41, 5.74) is 1.82. The number of amides is 1. The molecule has 0 aliphatic carbocycles. The molecule has 28 heavy (non-hydrogen) atoms. The zero-order valence-corrected chi connectivity index (χ0v) is 14.4. The van der Waals surface area contributed by atoms with Crippen LogP contribution >= 0.6 is 0 Å². The fourth-order valence-electron chi connectivity index (χ4n) is 2.78. The summed E-state index contributed by atoms with van der Waals surface area (Å²) >= 11 is 0. The van der Waals surface area contributed by atoms with E-state index in [9.17, 15) is 9.59 Å². The highest BCUT2D eigenvalue weighted by Crippen LogP contribution is 2.28. The Morgan fingerprint density at radius 2 is 1.93 bits per heavy atom. The number of furan rings is 2. The van der Waals surface area contributed by atoms with Gasteiger partial charge < -0.3 is 19.0 Å². The van der Waals surface area contributed by atoms with Gasteiger partial charge in [0.25, 0.3) is 5.91 Å². The molecule has 8 nitrogen and oxygen atoms in total. The molecule has 0 atom stereocenters. The second-order valence-corrected chi connectivity index (χ2v) is 5.95. The van der Waals surface area contributed by atoms with Gasteiger partial charge in [0.15, 0.2) is 0 Å². The topological polar surface area (TPSA) is 116 Å². The molecule has 0 unspecified atom stereocenters. The van der Waals surface area contributed by atoms with Crippen molar-refractivity contribution in [1.29, 1.82) is 0 Å². The van der Waals surface area contributed by atoms with E-state index in [-0.39, 0.29) is 17.7 Å². The second-order valence-electron chi connectivity index (χ2n) is 5.95. The van der Waals surface area contributed by atoms with E-state index in [0.29, 0.717) is 28.5 Å². The zero-order chi connectivity index (χ0) is 19.7. The molecule has 0 saturated carbocycles. The first-order chi connectivity index (χ1) is 13.6. The number of benzene rings is 1. The lowest BCUT2D eigenvalue weighted by Crippen LogP contribution is -2.21. The summed E-state index contributed by atoms with van der Waals surface area (Å²) in [6, 6.07) is 10.8. The quantitative estimate of drug-likeness (QED) is 0.660. The lowest BCUT2D eigenvalue weighted by molar-refractivity contribution is -0.114. The van der Waals surface area contributed by atoms with E-state index in [1.165, 1.54) is 41.8 Å². The normalized spacial score (nSPS) is 15.3. The standard InChI is InChI=1S/C20H14N2O6/c23-10-16-6-5-15(28-16)9-17-18(13-7-8-27-11-13)21-22(19(17)24)14-3-1-12(2-4-14)20(25)26/h1-9,11,23H,10H2,(H,25,26)/b17-9-. The molecule has 1 aliphatic heterocycles. The smallest absolute Gasteiger partial charge is 0.335 e. The number of rotatable bonds is 5. The first-order valence-electron chi connectivity index (χ1n) is 8.27. The number of aromatic carboxylic acids is 1. The Labute approximate surface area is 158 Å². The molecule has 2 N–H and O–H groups in total. The molecule has 3 heterocycles. The maximum absolute atomic E-state index is 13.0. The molecule has 140 valence electrons. The predicted octanol–water partition coefficient (Wildman–Crippen LogP) is 2.90. The van der Waals surface area contributed by atoms with Crippen LogP contribution in [-0.4, -0.2) is 27.8 Å². The van der Waals surface area contributed by atoms with Gasteiger partial charge in [-0.2, -0.15) is 10.1 Å². The van der Waals surface area contributed by atoms with Crippen molar-refractivity contribution in [3.05, 3.63) is 83.2 Å². The fraction of sp³-hybridized carbons (Fsp3) is 0.0500. The minimum absolute atomic E-state index is 0.109. The molecule has 1 amide bonds. The summed E-state index contributed by atoms with van der Waals surface area (Å²) in [7, 11) is 0. The van der Waals surface area contributed by atoms with E-state index in [0.717, 1.165) is 0 Å². The SMILES string of the molecule is O=C(O)c1ccc(N2N=C(c3ccoc3)/C(=C/c3ccc(CO)o3)C2=O)cc1. The van der Waals surface area contributed by atoms with Crippen molar-refractivity contribution >= 4 is 29.4 Å². The van der Waals surface area contributed by atoms with Crippen LogP contribution < -0.4 is 5.01 Å². The maximum Gasteiger partial charge on any atom is 0.335 e. The van der Waals surface area contributed by atoms with Crippen LogP contribution in [-0.2, 0) is 11.4 Å². The first-order valence-corrected chi connectivity index (χ1v) is 8.27. The summed E-state index contributed by atoms with van der Waals surface area (Å²) in [4.78, 5) is 24.0. The molecule has 0 fully saturated rings. The van der Waals surface area contributed by atoms with Gasteiger partial charge in [-0.15, -0.1) is 0 Å². The van der Waals surface area contributed by atoms with Crippen molar-refractivity contribution < 1.29 is 28.6 Å². The van der Waals surface area contributed by atoms with E-state index in [1.54, 1.807) is 24.3 Å². The molecular formula is C20H14N2O6. The van der Waals surface area contributed by atoms with E-state index >= 15 is 0 Å². The number of aliphatic hydroxyl groups is 1. The number of hydrogen-bond donors (Lipinski definition) is 2. The highest BCUT2D eigenvalue weighted by atomic mass is 16.4. The van der Waals surface area contributed by atoms with Gasteiger partial charge in [0.05, 0.1) is 29.4 Å². The molecule has 0 saturated heterocycles. The second kappa shape index (κ2) is 7.01. The summed E-state index contributed by atoms with van der Waals surface area (Å²) in [6.07, 6.45) is 4.48. The Hall–Kier alpha value is -3.91. The molecule has 4 rings (SSSR count). The summed E-state index contributed by atoms with van der Waals surface area (Å²) in [5.74, 6) is -0.687. The molecule has 1 aliphatic rings. The number of carboxylic acid groups (broad SMARTS) is 1. The van der Waals surface area contributed by atoms with Gasteiger partial charge in [0, 0.05) is 5.56 Å². The van der Waals surface area contributed by atoms with Gasteiger partial charge in [-0.3, -0.25) is 4.79 Å². The Kier molecular flexibility index (Phi) is 4.38.